The molecule has 0 aliphatic heterocycles. The molecule has 0 atom stereocenters. The van der Waals surface area contributed by atoms with Gasteiger partial charge in [0.15, 0.2) is 0 Å². The maximum Gasteiger partial charge on any atom is 0.506 e. The molecule has 0 bridgehead atoms. The van der Waals surface area contributed by atoms with Gasteiger partial charge in [0, 0.05) is 22.3 Å². The van der Waals surface area contributed by atoms with Crippen LogP contribution in [0.15, 0.2) is 36.4 Å². The van der Waals surface area contributed by atoms with Crippen molar-refractivity contribution in [3.05, 3.63) is 58.2 Å². The summed E-state index contributed by atoms with van der Waals surface area (Å²) in [7, 11) is 0. The summed E-state index contributed by atoms with van der Waals surface area (Å²) in [5.41, 5.74) is 3.68. The van der Waals surface area contributed by atoms with Crippen molar-refractivity contribution in [1.82, 2.24) is 9.97 Å². The molecule has 0 aliphatic rings. The monoisotopic (exact) mass is 372 g/mol. The summed E-state index contributed by atoms with van der Waals surface area (Å²) in [5.74, 6) is 0.973. The van der Waals surface area contributed by atoms with Gasteiger partial charge in [-0.2, -0.15) is 0 Å². The van der Waals surface area contributed by atoms with E-state index >= 15 is 0 Å². The number of benzene rings is 1. The SMILES string of the molecule is CCc1nc2ccc(Oc3ccc(Cl)cc3)nc2c(COC(=O)O)c1C. The summed E-state index contributed by atoms with van der Waals surface area (Å²) in [6, 6.07) is 10.5. The predicted molar refractivity (Wildman–Crippen MR) is 98.0 cm³/mol. The van der Waals surface area contributed by atoms with Crippen LogP contribution in [-0.2, 0) is 17.8 Å². The largest absolute Gasteiger partial charge is 0.506 e. The molecule has 3 rings (SSSR count). The van der Waals surface area contributed by atoms with E-state index in [9.17, 15) is 4.79 Å². The van der Waals surface area contributed by atoms with E-state index in [0.29, 0.717) is 33.2 Å². The third-order valence-electron chi connectivity index (χ3n) is 3.99. The molecule has 0 unspecified atom stereocenters. The van der Waals surface area contributed by atoms with Crippen LogP contribution in [0, 0.1) is 6.92 Å². The second-order valence-corrected chi connectivity index (χ2v) is 6.08. The molecule has 134 valence electrons. The summed E-state index contributed by atoms with van der Waals surface area (Å²) < 4.78 is 10.5. The predicted octanol–water partition coefficient (Wildman–Crippen LogP) is 5.14. The third-order valence-corrected chi connectivity index (χ3v) is 4.24. The number of aromatic nitrogens is 2. The van der Waals surface area contributed by atoms with Gasteiger partial charge in [-0.05, 0) is 49.2 Å². The van der Waals surface area contributed by atoms with Crippen LogP contribution < -0.4 is 4.74 Å². The molecular formula is C19H17ClN2O4. The highest BCUT2D eigenvalue weighted by atomic mass is 35.5. The molecule has 0 saturated carbocycles. The number of fused-ring (bicyclic) bond motifs is 1. The minimum atomic E-state index is -1.33. The molecule has 0 radical (unpaired) electrons. The zero-order valence-corrected chi connectivity index (χ0v) is 15.1. The van der Waals surface area contributed by atoms with Gasteiger partial charge in [-0.15, -0.1) is 0 Å². The van der Waals surface area contributed by atoms with Crippen LogP contribution >= 0.6 is 11.6 Å². The van der Waals surface area contributed by atoms with Gasteiger partial charge in [0.2, 0.25) is 5.88 Å². The van der Waals surface area contributed by atoms with Gasteiger partial charge in [-0.3, -0.25) is 4.98 Å². The van der Waals surface area contributed by atoms with Crippen LogP contribution in [-0.4, -0.2) is 21.2 Å². The molecule has 3 aromatic rings. The minimum absolute atomic E-state index is 0.0927. The molecular weight excluding hydrogens is 356 g/mol. The lowest BCUT2D eigenvalue weighted by molar-refractivity contribution is 0.0855. The van der Waals surface area contributed by atoms with Gasteiger partial charge in [-0.1, -0.05) is 18.5 Å². The van der Waals surface area contributed by atoms with E-state index in [1.54, 1.807) is 36.4 Å². The number of carboxylic acid groups (broad SMARTS) is 1. The van der Waals surface area contributed by atoms with Crippen LogP contribution in [0.2, 0.25) is 5.02 Å². The maximum atomic E-state index is 10.8. The van der Waals surface area contributed by atoms with Gasteiger partial charge in [0.25, 0.3) is 0 Å². The highest BCUT2D eigenvalue weighted by Gasteiger charge is 2.15. The Kier molecular flexibility index (Phi) is 5.23. The first-order chi connectivity index (χ1) is 12.5. The average Bonchev–Trinajstić information content (AvgIpc) is 2.62. The smallest absolute Gasteiger partial charge is 0.450 e. The number of nitrogens with zero attached hydrogens (tertiary/aromatic N) is 2. The van der Waals surface area contributed by atoms with Crippen molar-refractivity contribution in [2.45, 2.75) is 26.9 Å². The van der Waals surface area contributed by atoms with Crippen molar-refractivity contribution in [2.75, 3.05) is 0 Å². The Morgan fingerprint density at radius 1 is 1.15 bits per heavy atom. The number of halogens is 1. The number of ether oxygens (including phenoxy) is 2. The third kappa shape index (κ3) is 3.86. The summed E-state index contributed by atoms with van der Waals surface area (Å²) in [5, 5.41) is 9.46. The van der Waals surface area contributed by atoms with Gasteiger partial charge < -0.3 is 14.6 Å². The molecule has 0 amide bonds. The Hall–Kier alpha value is -2.86. The van der Waals surface area contributed by atoms with Crippen LogP contribution in [0.1, 0.15) is 23.7 Å². The van der Waals surface area contributed by atoms with E-state index in [-0.39, 0.29) is 6.61 Å². The number of aryl methyl sites for hydroxylation is 1. The summed E-state index contributed by atoms with van der Waals surface area (Å²) >= 11 is 5.88. The van der Waals surface area contributed by atoms with Crippen molar-refractivity contribution in [3.63, 3.8) is 0 Å². The molecule has 0 aliphatic carbocycles. The molecule has 2 aromatic heterocycles. The fourth-order valence-electron chi connectivity index (χ4n) is 2.66. The van der Waals surface area contributed by atoms with Crippen LogP contribution in [0.5, 0.6) is 11.6 Å². The molecule has 7 heteroatoms. The van der Waals surface area contributed by atoms with Crippen LogP contribution in [0.25, 0.3) is 11.0 Å². The Labute approximate surface area is 155 Å². The van der Waals surface area contributed by atoms with E-state index in [1.807, 2.05) is 13.8 Å². The second kappa shape index (κ2) is 7.58. The van der Waals surface area contributed by atoms with E-state index in [0.717, 1.165) is 17.7 Å². The zero-order valence-electron chi connectivity index (χ0n) is 14.3. The van der Waals surface area contributed by atoms with Crippen molar-refractivity contribution in [3.8, 4) is 11.6 Å². The number of rotatable bonds is 5. The average molecular weight is 373 g/mol. The number of hydrogen-bond donors (Lipinski definition) is 1. The first-order valence-electron chi connectivity index (χ1n) is 8.06. The standard InChI is InChI=1S/C19H17ClN2O4/c1-3-15-11(2)14(10-25-19(23)24)18-16(21-15)8-9-17(22-18)26-13-6-4-12(20)5-7-13/h4-9H,3,10H2,1-2H3,(H,23,24). The Morgan fingerprint density at radius 3 is 2.54 bits per heavy atom. The first-order valence-corrected chi connectivity index (χ1v) is 8.44. The van der Waals surface area contributed by atoms with E-state index < -0.39 is 6.16 Å². The fraction of sp³-hybridized carbons (Fsp3) is 0.211. The van der Waals surface area contributed by atoms with Crippen LogP contribution in [0.4, 0.5) is 4.79 Å². The molecule has 0 spiro atoms. The summed E-state index contributed by atoms with van der Waals surface area (Å²) in [6.07, 6.45) is -0.605. The van der Waals surface area contributed by atoms with Crippen molar-refractivity contribution in [1.29, 1.82) is 0 Å². The number of hydrogen-bond acceptors (Lipinski definition) is 5. The molecule has 0 saturated heterocycles. The normalized spacial score (nSPS) is 10.7. The molecule has 6 nitrogen and oxygen atoms in total. The fourth-order valence-corrected chi connectivity index (χ4v) is 2.79. The molecule has 1 N–H and O–H groups in total. The lowest BCUT2D eigenvalue weighted by atomic mass is 10.0. The second-order valence-electron chi connectivity index (χ2n) is 5.64. The highest BCUT2D eigenvalue weighted by Crippen LogP contribution is 2.27. The summed E-state index contributed by atoms with van der Waals surface area (Å²) in [6.45, 7) is 3.79. The quantitative estimate of drug-likeness (QED) is 0.624. The molecule has 1 aromatic carbocycles. The van der Waals surface area contributed by atoms with Crippen molar-refractivity contribution in [2.24, 2.45) is 0 Å². The minimum Gasteiger partial charge on any atom is -0.450 e. The highest BCUT2D eigenvalue weighted by molar-refractivity contribution is 6.30. The van der Waals surface area contributed by atoms with Crippen molar-refractivity contribution < 1.29 is 19.4 Å². The van der Waals surface area contributed by atoms with Gasteiger partial charge >= 0.3 is 6.16 Å². The number of pyridine rings is 2. The van der Waals surface area contributed by atoms with Crippen LogP contribution in [0.3, 0.4) is 0 Å². The number of carbonyl (C=O) groups is 1. The van der Waals surface area contributed by atoms with Crippen molar-refractivity contribution >= 4 is 28.8 Å². The Morgan fingerprint density at radius 2 is 1.88 bits per heavy atom. The molecule has 26 heavy (non-hydrogen) atoms. The van der Waals surface area contributed by atoms with E-state index in [2.05, 4.69) is 9.97 Å². The zero-order chi connectivity index (χ0) is 18.7. The molecule has 0 fully saturated rings. The molecule has 2 heterocycles. The lowest BCUT2D eigenvalue weighted by Crippen LogP contribution is -2.07. The van der Waals surface area contributed by atoms with E-state index in [1.165, 1.54) is 0 Å². The van der Waals surface area contributed by atoms with Gasteiger partial charge in [0.1, 0.15) is 12.4 Å². The van der Waals surface area contributed by atoms with E-state index in [4.69, 9.17) is 26.2 Å². The Bertz CT molecular complexity index is 958. The van der Waals surface area contributed by atoms with Gasteiger partial charge in [-0.25, -0.2) is 9.78 Å². The van der Waals surface area contributed by atoms with Gasteiger partial charge in [0.05, 0.1) is 11.0 Å². The maximum absolute atomic E-state index is 10.8. The first kappa shape index (κ1) is 17.9. The lowest BCUT2D eigenvalue weighted by Gasteiger charge is -2.13. The topological polar surface area (TPSA) is 81.5 Å². The summed E-state index contributed by atoms with van der Waals surface area (Å²) in [4.78, 5) is 19.9. The Balaban J connectivity index is 2.04.